The summed E-state index contributed by atoms with van der Waals surface area (Å²) in [6, 6.07) is 3.76. The van der Waals surface area contributed by atoms with Crippen LogP contribution in [0.3, 0.4) is 0 Å². The molecule has 1 heterocycles. The standard InChI is InChI=1S/C18H25F2N3O/c19-15-8-5-9-16(20)17(15)21-18(24)23-12-10-22(11-13-23)14-6-3-1-2-4-7-14/h5,8-9,14H,1-4,6-7,10-13H2,(H,21,24). The van der Waals surface area contributed by atoms with Crippen molar-refractivity contribution in [1.29, 1.82) is 0 Å². The van der Waals surface area contributed by atoms with Gasteiger partial charge in [0, 0.05) is 32.2 Å². The highest BCUT2D eigenvalue weighted by Gasteiger charge is 2.27. The third-order valence-corrected chi connectivity index (χ3v) is 5.14. The first-order valence-electron chi connectivity index (χ1n) is 8.89. The second-order valence-corrected chi connectivity index (χ2v) is 6.70. The number of nitrogens with zero attached hydrogens (tertiary/aromatic N) is 2. The molecule has 0 spiro atoms. The minimum Gasteiger partial charge on any atom is -0.322 e. The van der Waals surface area contributed by atoms with E-state index in [0.29, 0.717) is 19.1 Å². The van der Waals surface area contributed by atoms with Crippen molar-refractivity contribution in [1.82, 2.24) is 9.80 Å². The summed E-state index contributed by atoms with van der Waals surface area (Å²) in [4.78, 5) is 16.4. The molecule has 0 aromatic heterocycles. The van der Waals surface area contributed by atoms with Gasteiger partial charge in [-0.25, -0.2) is 13.6 Å². The molecule has 1 aromatic carbocycles. The molecule has 6 heteroatoms. The quantitative estimate of drug-likeness (QED) is 0.833. The molecule has 1 aliphatic heterocycles. The summed E-state index contributed by atoms with van der Waals surface area (Å²) < 4.78 is 27.3. The van der Waals surface area contributed by atoms with Gasteiger partial charge >= 0.3 is 6.03 Å². The van der Waals surface area contributed by atoms with E-state index in [-0.39, 0.29) is 5.69 Å². The summed E-state index contributed by atoms with van der Waals surface area (Å²) in [6.07, 6.45) is 7.72. The van der Waals surface area contributed by atoms with E-state index >= 15 is 0 Å². The van der Waals surface area contributed by atoms with E-state index < -0.39 is 17.7 Å². The van der Waals surface area contributed by atoms with Crippen molar-refractivity contribution in [3.63, 3.8) is 0 Å². The van der Waals surface area contributed by atoms with Gasteiger partial charge in [0.05, 0.1) is 0 Å². The third kappa shape index (κ3) is 4.04. The molecule has 1 aliphatic carbocycles. The van der Waals surface area contributed by atoms with Crippen LogP contribution in [0, 0.1) is 11.6 Å². The first-order valence-corrected chi connectivity index (χ1v) is 8.89. The lowest BCUT2D eigenvalue weighted by Gasteiger charge is -2.39. The fraction of sp³-hybridized carbons (Fsp3) is 0.611. The van der Waals surface area contributed by atoms with Gasteiger partial charge < -0.3 is 10.2 Å². The first-order chi connectivity index (χ1) is 11.6. The molecule has 1 saturated carbocycles. The monoisotopic (exact) mass is 337 g/mol. The maximum absolute atomic E-state index is 13.6. The number of carbonyl (C=O) groups excluding carboxylic acids is 1. The molecule has 24 heavy (non-hydrogen) atoms. The van der Waals surface area contributed by atoms with Gasteiger partial charge in [0.15, 0.2) is 0 Å². The number of anilines is 1. The molecular weight excluding hydrogens is 312 g/mol. The molecule has 2 fully saturated rings. The van der Waals surface area contributed by atoms with Crippen LogP contribution >= 0.6 is 0 Å². The maximum atomic E-state index is 13.6. The van der Waals surface area contributed by atoms with Crippen LogP contribution in [-0.2, 0) is 0 Å². The zero-order valence-corrected chi connectivity index (χ0v) is 13.9. The molecule has 3 rings (SSSR count). The van der Waals surface area contributed by atoms with Crippen molar-refractivity contribution in [3.05, 3.63) is 29.8 Å². The van der Waals surface area contributed by atoms with Crippen molar-refractivity contribution < 1.29 is 13.6 Å². The average molecular weight is 337 g/mol. The second-order valence-electron chi connectivity index (χ2n) is 6.70. The van der Waals surface area contributed by atoms with Gasteiger partial charge in [0.1, 0.15) is 17.3 Å². The Labute approximate surface area is 141 Å². The van der Waals surface area contributed by atoms with Gasteiger partial charge in [-0.15, -0.1) is 0 Å². The van der Waals surface area contributed by atoms with E-state index in [1.165, 1.54) is 44.6 Å². The van der Waals surface area contributed by atoms with Gasteiger partial charge in [-0.05, 0) is 25.0 Å². The van der Waals surface area contributed by atoms with Crippen LogP contribution < -0.4 is 5.32 Å². The van der Waals surface area contributed by atoms with Gasteiger partial charge in [0.2, 0.25) is 0 Å². The van der Waals surface area contributed by atoms with Crippen LogP contribution in [-0.4, -0.2) is 48.1 Å². The van der Waals surface area contributed by atoms with Crippen molar-refractivity contribution in [2.45, 2.75) is 44.6 Å². The van der Waals surface area contributed by atoms with E-state index in [4.69, 9.17) is 0 Å². The number of nitrogens with one attached hydrogen (secondary N) is 1. The van der Waals surface area contributed by atoms with Crippen molar-refractivity contribution in [2.24, 2.45) is 0 Å². The molecule has 0 atom stereocenters. The third-order valence-electron chi connectivity index (χ3n) is 5.14. The van der Waals surface area contributed by atoms with Crippen LogP contribution in [0.15, 0.2) is 18.2 Å². The normalized spacial score (nSPS) is 20.7. The van der Waals surface area contributed by atoms with Gasteiger partial charge in [0.25, 0.3) is 0 Å². The van der Waals surface area contributed by atoms with Gasteiger partial charge in [-0.2, -0.15) is 0 Å². The maximum Gasteiger partial charge on any atom is 0.322 e. The lowest BCUT2D eigenvalue weighted by atomic mass is 10.1. The van der Waals surface area contributed by atoms with Crippen molar-refractivity contribution in [3.8, 4) is 0 Å². The summed E-state index contributed by atoms with van der Waals surface area (Å²) in [7, 11) is 0. The number of carbonyl (C=O) groups is 1. The highest BCUT2D eigenvalue weighted by atomic mass is 19.1. The Morgan fingerprint density at radius 1 is 0.958 bits per heavy atom. The molecule has 1 N–H and O–H groups in total. The highest BCUT2D eigenvalue weighted by molar-refractivity contribution is 5.89. The Morgan fingerprint density at radius 2 is 1.54 bits per heavy atom. The predicted molar refractivity (Wildman–Crippen MR) is 90.0 cm³/mol. The average Bonchev–Trinajstić information content (AvgIpc) is 2.88. The molecule has 2 amide bonds. The summed E-state index contributed by atoms with van der Waals surface area (Å²) in [5.41, 5.74) is -0.367. The fourth-order valence-electron chi connectivity index (χ4n) is 3.72. The first kappa shape index (κ1) is 17.1. The lowest BCUT2D eigenvalue weighted by molar-refractivity contribution is 0.105. The number of halogens is 2. The number of rotatable bonds is 2. The SMILES string of the molecule is O=C(Nc1c(F)cccc1F)N1CCN(C2CCCCCC2)CC1. The number of amides is 2. The Morgan fingerprint density at radius 3 is 2.12 bits per heavy atom. The van der Waals surface area contributed by atoms with Crippen LogP contribution in [0.25, 0.3) is 0 Å². The Balaban J connectivity index is 1.53. The molecule has 1 aromatic rings. The number of hydrogen-bond donors (Lipinski definition) is 1. The van der Waals surface area contributed by atoms with E-state index in [1.807, 2.05) is 0 Å². The van der Waals surface area contributed by atoms with Gasteiger partial charge in [-0.3, -0.25) is 4.90 Å². The topological polar surface area (TPSA) is 35.6 Å². The summed E-state index contributed by atoms with van der Waals surface area (Å²) in [6.45, 7) is 2.85. The molecule has 0 bridgehead atoms. The number of para-hydroxylation sites is 1. The Kier molecular flexibility index (Phi) is 5.66. The molecule has 0 unspecified atom stereocenters. The molecule has 2 aliphatic rings. The van der Waals surface area contributed by atoms with E-state index in [0.717, 1.165) is 25.2 Å². The molecule has 1 saturated heterocycles. The minimum absolute atomic E-state index is 0.367. The summed E-state index contributed by atoms with van der Waals surface area (Å²) in [5.74, 6) is -1.50. The zero-order chi connectivity index (χ0) is 16.9. The van der Waals surface area contributed by atoms with E-state index in [1.54, 1.807) is 4.90 Å². The number of piperazine rings is 1. The van der Waals surface area contributed by atoms with E-state index in [9.17, 15) is 13.6 Å². The molecule has 132 valence electrons. The number of hydrogen-bond acceptors (Lipinski definition) is 2. The highest BCUT2D eigenvalue weighted by Crippen LogP contribution is 2.23. The Hall–Kier alpha value is -1.69. The largest absolute Gasteiger partial charge is 0.322 e. The number of urea groups is 1. The van der Waals surface area contributed by atoms with Crippen molar-refractivity contribution >= 4 is 11.7 Å². The predicted octanol–water partition coefficient (Wildman–Crippen LogP) is 3.84. The molecule has 4 nitrogen and oxygen atoms in total. The number of benzene rings is 1. The second kappa shape index (κ2) is 7.92. The molecule has 0 radical (unpaired) electrons. The fourth-order valence-corrected chi connectivity index (χ4v) is 3.72. The lowest BCUT2D eigenvalue weighted by Crippen LogP contribution is -2.52. The van der Waals surface area contributed by atoms with Crippen LogP contribution in [0.4, 0.5) is 19.3 Å². The van der Waals surface area contributed by atoms with Crippen LogP contribution in [0.2, 0.25) is 0 Å². The van der Waals surface area contributed by atoms with Gasteiger partial charge in [-0.1, -0.05) is 31.7 Å². The smallest absolute Gasteiger partial charge is 0.322 e. The summed E-state index contributed by atoms with van der Waals surface area (Å²) in [5, 5.41) is 2.37. The Bertz CT molecular complexity index is 545. The van der Waals surface area contributed by atoms with Crippen molar-refractivity contribution in [2.75, 3.05) is 31.5 Å². The zero-order valence-electron chi connectivity index (χ0n) is 13.9. The van der Waals surface area contributed by atoms with E-state index in [2.05, 4.69) is 10.2 Å². The van der Waals surface area contributed by atoms with Crippen LogP contribution in [0.1, 0.15) is 38.5 Å². The minimum atomic E-state index is -0.750. The summed E-state index contributed by atoms with van der Waals surface area (Å²) >= 11 is 0. The molecular formula is C18H25F2N3O. The van der Waals surface area contributed by atoms with Crippen LogP contribution in [0.5, 0.6) is 0 Å².